The molecule has 0 saturated carbocycles. The van der Waals surface area contributed by atoms with Gasteiger partial charge in [0.15, 0.2) is 5.78 Å². The molecule has 24 heavy (non-hydrogen) atoms. The van der Waals surface area contributed by atoms with Crippen molar-refractivity contribution in [1.82, 2.24) is 0 Å². The first-order valence-corrected chi connectivity index (χ1v) is 8.16. The minimum Gasteiger partial charge on any atom is -0.349 e. The number of rotatable bonds is 3. The Morgan fingerprint density at radius 3 is 2.50 bits per heavy atom. The van der Waals surface area contributed by atoms with Crippen LogP contribution in [0.15, 0.2) is 54.2 Å². The van der Waals surface area contributed by atoms with E-state index in [1.54, 1.807) is 41.3 Å². The fraction of sp³-hybridized carbons (Fsp3) is 0.111. The van der Waals surface area contributed by atoms with Crippen molar-refractivity contribution in [3.05, 3.63) is 69.8 Å². The number of amides is 1. The first kappa shape index (κ1) is 16.6. The molecule has 0 bridgehead atoms. The number of hydrogen-bond donors (Lipinski definition) is 1. The number of fused-ring (bicyclic) bond motifs is 1. The Bertz CT molecular complexity index is 848. The van der Waals surface area contributed by atoms with Gasteiger partial charge in [-0.3, -0.25) is 9.59 Å². The Hall–Kier alpha value is -2.30. The second kappa shape index (κ2) is 6.67. The molecule has 122 valence electrons. The van der Waals surface area contributed by atoms with Gasteiger partial charge in [0.05, 0.1) is 21.4 Å². The van der Waals surface area contributed by atoms with Crippen molar-refractivity contribution in [1.29, 1.82) is 0 Å². The van der Waals surface area contributed by atoms with Gasteiger partial charge in [-0.15, -0.1) is 0 Å². The van der Waals surface area contributed by atoms with Crippen LogP contribution in [0.25, 0.3) is 0 Å². The maximum absolute atomic E-state index is 12.6. The Kier molecular flexibility index (Phi) is 4.60. The SMILES string of the molecule is CCN1C(=O)/C(=C/C(=O)c2ccccc2)Nc2cc(Cl)c(Cl)cc21. The van der Waals surface area contributed by atoms with Gasteiger partial charge in [-0.25, -0.2) is 0 Å². The molecule has 0 spiro atoms. The minimum absolute atomic E-state index is 0.205. The highest BCUT2D eigenvalue weighted by molar-refractivity contribution is 6.42. The van der Waals surface area contributed by atoms with Gasteiger partial charge in [0.2, 0.25) is 0 Å². The molecule has 1 amide bonds. The second-order valence-corrected chi connectivity index (χ2v) is 6.06. The van der Waals surface area contributed by atoms with Crippen LogP contribution < -0.4 is 10.2 Å². The summed E-state index contributed by atoms with van der Waals surface area (Å²) in [6, 6.07) is 12.1. The van der Waals surface area contributed by atoms with Crippen molar-refractivity contribution >= 4 is 46.3 Å². The van der Waals surface area contributed by atoms with Crippen LogP contribution in [0.4, 0.5) is 11.4 Å². The average Bonchev–Trinajstić information content (AvgIpc) is 2.58. The molecule has 1 N–H and O–H groups in total. The number of halogens is 2. The molecule has 1 heterocycles. The Labute approximate surface area is 149 Å². The summed E-state index contributed by atoms with van der Waals surface area (Å²) < 4.78 is 0. The Morgan fingerprint density at radius 2 is 1.83 bits per heavy atom. The van der Waals surface area contributed by atoms with E-state index < -0.39 is 0 Å². The van der Waals surface area contributed by atoms with Crippen molar-refractivity contribution in [2.24, 2.45) is 0 Å². The summed E-state index contributed by atoms with van der Waals surface area (Å²) in [6.45, 7) is 2.30. The number of likely N-dealkylation sites (N-methyl/N-ethyl adjacent to an activating group) is 1. The fourth-order valence-corrected chi connectivity index (χ4v) is 2.86. The lowest BCUT2D eigenvalue weighted by molar-refractivity contribution is -0.115. The molecule has 2 aromatic rings. The number of nitrogens with one attached hydrogen (secondary N) is 1. The molecule has 0 atom stereocenters. The minimum atomic E-state index is -0.285. The lowest BCUT2D eigenvalue weighted by atomic mass is 10.1. The molecule has 0 saturated heterocycles. The highest BCUT2D eigenvalue weighted by atomic mass is 35.5. The molecule has 1 aliphatic rings. The molecule has 6 heteroatoms. The van der Waals surface area contributed by atoms with Crippen molar-refractivity contribution in [2.75, 3.05) is 16.8 Å². The number of anilines is 2. The molecule has 2 aromatic carbocycles. The first-order chi connectivity index (χ1) is 11.5. The van der Waals surface area contributed by atoms with Gasteiger partial charge in [0, 0.05) is 18.2 Å². The monoisotopic (exact) mass is 360 g/mol. The van der Waals surface area contributed by atoms with Gasteiger partial charge in [-0.1, -0.05) is 53.5 Å². The third kappa shape index (κ3) is 3.03. The number of ketones is 1. The van der Waals surface area contributed by atoms with Crippen LogP contribution in [0.2, 0.25) is 10.0 Å². The lowest BCUT2D eigenvalue weighted by Crippen LogP contribution is -2.38. The second-order valence-electron chi connectivity index (χ2n) is 5.25. The van der Waals surface area contributed by atoms with E-state index in [9.17, 15) is 9.59 Å². The summed E-state index contributed by atoms with van der Waals surface area (Å²) >= 11 is 12.1. The number of benzene rings is 2. The molecule has 0 unspecified atom stereocenters. The van der Waals surface area contributed by atoms with Gasteiger partial charge in [0.1, 0.15) is 5.70 Å². The van der Waals surface area contributed by atoms with Gasteiger partial charge < -0.3 is 10.2 Å². The van der Waals surface area contributed by atoms with E-state index in [0.29, 0.717) is 33.5 Å². The molecule has 0 fully saturated rings. The van der Waals surface area contributed by atoms with E-state index >= 15 is 0 Å². The van der Waals surface area contributed by atoms with Crippen molar-refractivity contribution in [2.45, 2.75) is 6.92 Å². The highest BCUT2D eigenvalue weighted by Gasteiger charge is 2.28. The van der Waals surface area contributed by atoms with Crippen molar-refractivity contribution in [3.8, 4) is 0 Å². The van der Waals surface area contributed by atoms with Crippen LogP contribution >= 0.6 is 23.2 Å². The van der Waals surface area contributed by atoms with Crippen LogP contribution in [0.1, 0.15) is 17.3 Å². The first-order valence-electron chi connectivity index (χ1n) is 7.40. The van der Waals surface area contributed by atoms with E-state index in [4.69, 9.17) is 23.2 Å². The summed E-state index contributed by atoms with van der Waals surface area (Å²) in [7, 11) is 0. The number of carbonyl (C=O) groups excluding carboxylic acids is 2. The smallest absolute Gasteiger partial charge is 0.274 e. The van der Waals surface area contributed by atoms with Crippen molar-refractivity contribution < 1.29 is 9.59 Å². The normalized spacial score (nSPS) is 15.2. The highest BCUT2D eigenvalue weighted by Crippen LogP contribution is 2.38. The van der Waals surface area contributed by atoms with Gasteiger partial charge in [-0.2, -0.15) is 0 Å². The van der Waals surface area contributed by atoms with E-state index in [0.717, 1.165) is 0 Å². The molecule has 0 radical (unpaired) electrons. The van der Waals surface area contributed by atoms with Gasteiger partial charge >= 0.3 is 0 Å². The third-order valence-electron chi connectivity index (χ3n) is 3.72. The quantitative estimate of drug-likeness (QED) is 0.645. The summed E-state index contributed by atoms with van der Waals surface area (Å²) in [4.78, 5) is 26.6. The molecule has 3 rings (SSSR count). The summed E-state index contributed by atoms with van der Waals surface area (Å²) in [5.74, 6) is -0.529. The van der Waals surface area contributed by atoms with Gasteiger partial charge in [0.25, 0.3) is 5.91 Å². The van der Waals surface area contributed by atoms with E-state index in [1.807, 2.05) is 13.0 Å². The molecular weight excluding hydrogens is 347 g/mol. The van der Waals surface area contributed by atoms with Crippen molar-refractivity contribution in [3.63, 3.8) is 0 Å². The zero-order valence-corrected chi connectivity index (χ0v) is 14.4. The Morgan fingerprint density at radius 1 is 1.17 bits per heavy atom. The summed E-state index contributed by atoms with van der Waals surface area (Å²) in [6.07, 6.45) is 1.31. The summed E-state index contributed by atoms with van der Waals surface area (Å²) in [5.41, 5.74) is 2.00. The number of allylic oxidation sites excluding steroid dienone is 1. The maximum Gasteiger partial charge on any atom is 0.274 e. The summed E-state index contributed by atoms with van der Waals surface area (Å²) in [5, 5.41) is 3.73. The zero-order chi connectivity index (χ0) is 17.3. The maximum atomic E-state index is 12.6. The third-order valence-corrected chi connectivity index (χ3v) is 4.45. The van der Waals surface area contributed by atoms with Crippen LogP contribution in [0, 0.1) is 0 Å². The van der Waals surface area contributed by atoms with Crippen LogP contribution in [0.5, 0.6) is 0 Å². The molecule has 0 aromatic heterocycles. The molecule has 0 aliphatic carbocycles. The number of carbonyl (C=O) groups is 2. The zero-order valence-electron chi connectivity index (χ0n) is 12.8. The Balaban J connectivity index is 2.02. The predicted octanol–water partition coefficient (Wildman–Crippen LogP) is 4.54. The lowest BCUT2D eigenvalue weighted by Gasteiger charge is -2.31. The molecule has 4 nitrogen and oxygen atoms in total. The van der Waals surface area contributed by atoms with Gasteiger partial charge in [-0.05, 0) is 19.1 Å². The molecule has 1 aliphatic heterocycles. The number of hydrogen-bond acceptors (Lipinski definition) is 3. The number of nitrogens with zero attached hydrogens (tertiary/aromatic N) is 1. The van der Waals surface area contributed by atoms with Crippen LogP contribution in [-0.2, 0) is 4.79 Å². The standard InChI is InChI=1S/C18H14Cl2N2O2/c1-2-22-16-9-13(20)12(19)8-14(16)21-15(18(22)24)10-17(23)11-6-4-3-5-7-11/h3-10,21H,2H2,1H3/b15-10-. The van der Waals surface area contributed by atoms with E-state index in [1.165, 1.54) is 6.08 Å². The predicted molar refractivity (Wildman–Crippen MR) is 97.0 cm³/mol. The average molecular weight is 361 g/mol. The van der Waals surface area contributed by atoms with Crippen LogP contribution in [-0.4, -0.2) is 18.2 Å². The topological polar surface area (TPSA) is 49.4 Å². The van der Waals surface area contributed by atoms with Crippen LogP contribution in [0.3, 0.4) is 0 Å². The molecular formula is C18H14Cl2N2O2. The van der Waals surface area contributed by atoms with E-state index in [2.05, 4.69) is 5.32 Å². The largest absolute Gasteiger partial charge is 0.349 e. The van der Waals surface area contributed by atoms with E-state index in [-0.39, 0.29) is 17.4 Å². The fourth-order valence-electron chi connectivity index (χ4n) is 2.54.